The second kappa shape index (κ2) is 11.0. The average Bonchev–Trinajstić information content (AvgIpc) is 3.65. The number of methoxy groups -OCH3 is 4. The number of aromatic nitrogens is 2. The maximum atomic E-state index is 5.87. The molecule has 3 heterocycles. The molecule has 1 aromatic carbocycles. The Morgan fingerprint density at radius 1 is 0.946 bits per heavy atom. The minimum atomic E-state index is 0.458. The second-order valence-electron chi connectivity index (χ2n) is 10.5. The van der Waals surface area contributed by atoms with Gasteiger partial charge in [-0.3, -0.25) is 4.48 Å². The van der Waals surface area contributed by atoms with Crippen molar-refractivity contribution >= 4 is 11.2 Å². The van der Waals surface area contributed by atoms with E-state index in [0.29, 0.717) is 19.3 Å². The highest BCUT2D eigenvalue weighted by molar-refractivity contribution is 5.82. The fourth-order valence-corrected chi connectivity index (χ4v) is 6.07. The van der Waals surface area contributed by atoms with E-state index in [1.807, 2.05) is 12.1 Å². The van der Waals surface area contributed by atoms with Crippen LogP contribution >= 0.6 is 0 Å². The lowest BCUT2D eigenvalue weighted by molar-refractivity contribution is 0.0431. The van der Waals surface area contributed by atoms with Crippen molar-refractivity contribution in [3.05, 3.63) is 41.6 Å². The van der Waals surface area contributed by atoms with Crippen molar-refractivity contribution in [2.45, 2.75) is 44.9 Å². The lowest BCUT2D eigenvalue weighted by Gasteiger charge is -2.43. The van der Waals surface area contributed by atoms with Crippen molar-refractivity contribution in [1.82, 2.24) is 14.1 Å². The van der Waals surface area contributed by atoms with Gasteiger partial charge in [-0.15, -0.1) is 0 Å². The van der Waals surface area contributed by atoms with Gasteiger partial charge in [0.05, 0.1) is 71.5 Å². The maximum absolute atomic E-state index is 5.87. The summed E-state index contributed by atoms with van der Waals surface area (Å²) in [6.07, 6.45) is 4.72. The Hall–Kier alpha value is -2.65. The van der Waals surface area contributed by atoms with E-state index in [4.69, 9.17) is 28.8 Å². The molecule has 1 unspecified atom stereocenters. The van der Waals surface area contributed by atoms with Gasteiger partial charge in [-0.1, -0.05) is 6.07 Å². The normalized spacial score (nSPS) is 18.2. The summed E-state index contributed by atoms with van der Waals surface area (Å²) in [6.45, 7) is 3.68. The molecule has 1 atom stereocenters. The van der Waals surface area contributed by atoms with Crippen LogP contribution in [0.4, 0.5) is 5.69 Å². The van der Waals surface area contributed by atoms with E-state index in [-0.39, 0.29) is 0 Å². The van der Waals surface area contributed by atoms with Crippen LogP contribution in [0.2, 0.25) is 0 Å². The summed E-state index contributed by atoms with van der Waals surface area (Å²) < 4.78 is 31.5. The molecule has 1 aliphatic carbocycles. The summed E-state index contributed by atoms with van der Waals surface area (Å²) in [5.41, 5.74) is 6.13. The number of rotatable bonds is 11. The summed E-state index contributed by atoms with van der Waals surface area (Å²) in [4.78, 5) is 0. The molecule has 5 rings (SSSR count). The molecule has 200 valence electrons. The molecule has 1 aliphatic heterocycles. The van der Waals surface area contributed by atoms with Crippen molar-refractivity contribution in [2.75, 3.05) is 55.2 Å². The number of benzene rings is 1. The van der Waals surface area contributed by atoms with Crippen molar-refractivity contribution < 1.29 is 23.7 Å². The van der Waals surface area contributed by atoms with Crippen LogP contribution < -0.4 is 14.0 Å². The van der Waals surface area contributed by atoms with Crippen molar-refractivity contribution in [3.63, 3.8) is 0 Å². The minimum Gasteiger partial charge on any atom is -0.496 e. The summed E-state index contributed by atoms with van der Waals surface area (Å²) in [7, 11) is 9.21. The minimum absolute atomic E-state index is 0.458. The number of nitrogens with zero attached hydrogens (tertiary/aromatic N) is 3. The topological polar surface area (TPSA) is 63.5 Å². The van der Waals surface area contributed by atoms with Crippen LogP contribution in [0.5, 0.6) is 11.5 Å². The molecule has 0 radical (unpaired) electrons. The Morgan fingerprint density at radius 3 is 2.22 bits per heavy atom. The molecule has 0 bridgehead atoms. The summed E-state index contributed by atoms with van der Waals surface area (Å²) in [6, 6.07) is 10.9. The van der Waals surface area contributed by atoms with E-state index in [1.165, 1.54) is 18.5 Å². The number of hydrogen-bond donors (Lipinski definition) is 0. The molecule has 8 nitrogen and oxygen atoms in total. The highest BCUT2D eigenvalue weighted by Gasteiger charge is 2.44. The van der Waals surface area contributed by atoms with Gasteiger partial charge in [-0.25, -0.2) is 4.52 Å². The van der Waals surface area contributed by atoms with Gasteiger partial charge in [-0.05, 0) is 42.7 Å². The molecule has 3 aromatic rings. The zero-order valence-electron chi connectivity index (χ0n) is 22.8. The number of fused-ring (bicyclic) bond motifs is 1. The van der Waals surface area contributed by atoms with E-state index in [2.05, 4.69) is 29.8 Å². The van der Waals surface area contributed by atoms with E-state index in [1.54, 1.807) is 28.4 Å². The van der Waals surface area contributed by atoms with Gasteiger partial charge in [0.2, 0.25) is 0 Å². The number of pyridine rings is 1. The maximum Gasteiger partial charge on any atom is 0.184 e. The summed E-state index contributed by atoms with van der Waals surface area (Å²) in [5.74, 6) is 2.21. The van der Waals surface area contributed by atoms with E-state index in [9.17, 15) is 0 Å². The Bertz CT molecular complexity index is 1210. The summed E-state index contributed by atoms with van der Waals surface area (Å²) >= 11 is 0. The average molecular weight is 511 g/mol. The van der Waals surface area contributed by atoms with Gasteiger partial charge in [0, 0.05) is 33.0 Å². The lowest BCUT2D eigenvalue weighted by Crippen LogP contribution is -2.57. The van der Waals surface area contributed by atoms with Crippen LogP contribution in [0, 0.1) is 5.92 Å². The van der Waals surface area contributed by atoms with E-state index in [0.717, 1.165) is 82.5 Å². The monoisotopic (exact) mass is 510 g/mol. The predicted molar refractivity (Wildman–Crippen MR) is 144 cm³/mol. The molecule has 1 saturated heterocycles. The largest absolute Gasteiger partial charge is 0.496 e. The predicted octanol–water partition coefficient (Wildman–Crippen LogP) is 4.84. The molecular formula is C29H40N3O5+. The number of hydrogen-bond acceptors (Lipinski definition) is 6. The third-order valence-corrected chi connectivity index (χ3v) is 7.96. The Balaban J connectivity index is 1.73. The zero-order valence-corrected chi connectivity index (χ0v) is 22.8. The van der Waals surface area contributed by atoms with Crippen LogP contribution in [0.1, 0.15) is 36.9 Å². The Morgan fingerprint density at radius 2 is 1.62 bits per heavy atom. The first-order chi connectivity index (χ1) is 18.0. The van der Waals surface area contributed by atoms with Crippen molar-refractivity contribution in [3.8, 4) is 22.8 Å². The fourth-order valence-electron chi connectivity index (χ4n) is 6.07. The summed E-state index contributed by atoms with van der Waals surface area (Å²) in [5, 5.41) is 5.19. The third kappa shape index (κ3) is 4.95. The highest BCUT2D eigenvalue weighted by Crippen LogP contribution is 2.45. The Labute approximate surface area is 219 Å². The SMILES string of the molecule is COCc1cc(OC)c(-c2cccc3c([N+](C)(CC4CC4)C4CCOCC4)c(COC)nn23)c(OC)c1. The zero-order chi connectivity index (χ0) is 26.0. The van der Waals surface area contributed by atoms with E-state index < -0.39 is 0 Å². The molecule has 8 heteroatoms. The molecule has 2 fully saturated rings. The first-order valence-electron chi connectivity index (χ1n) is 13.2. The van der Waals surface area contributed by atoms with Crippen LogP contribution in [-0.4, -0.2) is 70.9 Å². The third-order valence-electron chi connectivity index (χ3n) is 7.96. The molecule has 37 heavy (non-hydrogen) atoms. The van der Waals surface area contributed by atoms with Crippen LogP contribution in [-0.2, 0) is 27.4 Å². The smallest absolute Gasteiger partial charge is 0.184 e. The molecular weight excluding hydrogens is 470 g/mol. The highest BCUT2D eigenvalue weighted by atomic mass is 16.5. The molecule has 2 aromatic heterocycles. The standard InChI is InChI=1S/C29H40N3O5/c1-32(17-20-9-10-20,22-11-13-37-14-12-22)29-23(19-34-3)30-31-24(7-6-8-25(29)31)28-26(35-4)15-21(18-33-2)16-27(28)36-5/h6-8,15-16,20,22H,9-14,17-19H2,1-5H3/q+1. The number of ether oxygens (including phenoxy) is 5. The van der Waals surface area contributed by atoms with Crippen molar-refractivity contribution in [2.24, 2.45) is 5.92 Å². The van der Waals surface area contributed by atoms with Crippen LogP contribution in [0.25, 0.3) is 16.8 Å². The molecule has 0 N–H and O–H groups in total. The first-order valence-corrected chi connectivity index (χ1v) is 13.2. The second-order valence-corrected chi connectivity index (χ2v) is 10.5. The van der Waals surface area contributed by atoms with Gasteiger partial charge < -0.3 is 23.7 Å². The van der Waals surface area contributed by atoms with Crippen molar-refractivity contribution in [1.29, 1.82) is 0 Å². The lowest BCUT2D eigenvalue weighted by atomic mass is 10.0. The molecule has 0 spiro atoms. The van der Waals surface area contributed by atoms with Gasteiger partial charge in [0.15, 0.2) is 5.69 Å². The Kier molecular flexibility index (Phi) is 7.72. The fraction of sp³-hybridized carbons (Fsp3) is 0.552. The van der Waals surface area contributed by atoms with E-state index >= 15 is 0 Å². The molecule has 1 saturated carbocycles. The van der Waals surface area contributed by atoms with Crippen LogP contribution in [0.15, 0.2) is 30.3 Å². The quantitative estimate of drug-likeness (QED) is 0.344. The van der Waals surface area contributed by atoms with Crippen LogP contribution in [0.3, 0.4) is 0 Å². The first kappa shape index (κ1) is 26.0. The van der Waals surface area contributed by atoms with Gasteiger partial charge >= 0.3 is 0 Å². The van der Waals surface area contributed by atoms with Gasteiger partial charge in [-0.2, -0.15) is 5.10 Å². The molecule has 2 aliphatic rings. The molecule has 0 amide bonds. The van der Waals surface area contributed by atoms with Gasteiger partial charge in [0.1, 0.15) is 22.7 Å². The number of quaternary nitrogens is 1. The van der Waals surface area contributed by atoms with Gasteiger partial charge in [0.25, 0.3) is 0 Å².